The topological polar surface area (TPSA) is 106 Å². The molecule has 0 radical (unpaired) electrons. The van der Waals surface area contributed by atoms with Gasteiger partial charge in [-0.1, -0.05) is 0 Å². The van der Waals surface area contributed by atoms with E-state index in [1.165, 1.54) is 10.7 Å². The second kappa shape index (κ2) is 9.37. The lowest BCUT2D eigenvalue weighted by Crippen LogP contribution is -2.26. The third-order valence-electron chi connectivity index (χ3n) is 4.56. The van der Waals surface area contributed by atoms with Crippen LogP contribution in [0.5, 0.6) is 0 Å². The summed E-state index contributed by atoms with van der Waals surface area (Å²) in [6.07, 6.45) is -3.01. The van der Waals surface area contributed by atoms with E-state index in [4.69, 9.17) is 0 Å². The van der Waals surface area contributed by atoms with E-state index in [1.54, 1.807) is 23.0 Å². The van der Waals surface area contributed by atoms with E-state index in [9.17, 15) is 22.8 Å². The molecule has 0 spiro atoms. The first-order chi connectivity index (χ1) is 15.0. The summed E-state index contributed by atoms with van der Waals surface area (Å²) < 4.78 is 39.7. The van der Waals surface area contributed by atoms with Crippen LogP contribution < -0.4 is 10.6 Å². The van der Waals surface area contributed by atoms with E-state index in [0.717, 1.165) is 5.69 Å². The number of hydrogen-bond donors (Lipinski definition) is 2. The number of carbonyl (C=O) groups is 2. The van der Waals surface area contributed by atoms with Crippen molar-refractivity contribution < 1.29 is 22.8 Å². The monoisotopic (exact) mass is 451 g/mol. The fourth-order valence-corrected chi connectivity index (χ4v) is 3.03. The van der Waals surface area contributed by atoms with Gasteiger partial charge in [0.05, 0.1) is 36.7 Å². The van der Waals surface area contributed by atoms with E-state index in [0.29, 0.717) is 22.6 Å². The highest BCUT2D eigenvalue weighted by atomic mass is 19.4. The second-order valence-electron chi connectivity index (χ2n) is 7.68. The van der Waals surface area contributed by atoms with Crippen LogP contribution in [0.2, 0.25) is 0 Å². The SMILES string of the molecule is Cc1cc(C(=O)NCc2cn3ncc(CNC(=O)CCC(F)(F)F)cc3n2)n(C(C)C)n1. The highest BCUT2D eigenvalue weighted by Crippen LogP contribution is 2.21. The van der Waals surface area contributed by atoms with Crippen molar-refractivity contribution in [2.45, 2.75) is 58.9 Å². The largest absolute Gasteiger partial charge is 0.389 e. The Bertz CT molecular complexity index is 1120. The lowest BCUT2D eigenvalue weighted by atomic mass is 10.2. The van der Waals surface area contributed by atoms with E-state index in [-0.39, 0.29) is 25.0 Å². The van der Waals surface area contributed by atoms with Crippen molar-refractivity contribution in [3.05, 3.63) is 47.2 Å². The summed E-state index contributed by atoms with van der Waals surface area (Å²) >= 11 is 0. The molecule has 0 aliphatic carbocycles. The van der Waals surface area contributed by atoms with Gasteiger partial charge in [-0.05, 0) is 38.5 Å². The molecule has 172 valence electrons. The summed E-state index contributed by atoms with van der Waals surface area (Å²) in [6.45, 7) is 5.91. The Hall–Kier alpha value is -3.44. The fraction of sp³-hybridized carbons (Fsp3) is 0.450. The maximum absolute atomic E-state index is 12.6. The van der Waals surface area contributed by atoms with E-state index in [1.807, 2.05) is 20.8 Å². The van der Waals surface area contributed by atoms with Gasteiger partial charge in [-0.25, -0.2) is 9.50 Å². The minimum atomic E-state index is -4.37. The van der Waals surface area contributed by atoms with Crippen molar-refractivity contribution >= 4 is 17.5 Å². The number of aromatic nitrogens is 5. The first-order valence-corrected chi connectivity index (χ1v) is 10.0. The average Bonchev–Trinajstić information content (AvgIpc) is 3.31. The van der Waals surface area contributed by atoms with E-state index >= 15 is 0 Å². The van der Waals surface area contributed by atoms with Gasteiger partial charge in [0, 0.05) is 19.0 Å². The van der Waals surface area contributed by atoms with E-state index in [2.05, 4.69) is 25.8 Å². The molecule has 0 fully saturated rings. The van der Waals surface area contributed by atoms with Crippen LogP contribution in [0.25, 0.3) is 5.65 Å². The zero-order valence-electron chi connectivity index (χ0n) is 17.9. The van der Waals surface area contributed by atoms with Gasteiger partial charge < -0.3 is 10.6 Å². The summed E-state index contributed by atoms with van der Waals surface area (Å²) in [5.41, 5.74) is 2.86. The van der Waals surface area contributed by atoms with Crippen LogP contribution in [-0.4, -0.2) is 42.4 Å². The minimum absolute atomic E-state index is 0.0382. The molecule has 0 aliphatic heterocycles. The molecule has 0 saturated heterocycles. The minimum Gasteiger partial charge on any atom is -0.352 e. The first kappa shape index (κ1) is 23.2. The molecule has 0 unspecified atom stereocenters. The summed E-state index contributed by atoms with van der Waals surface area (Å²) in [4.78, 5) is 28.5. The van der Waals surface area contributed by atoms with Gasteiger partial charge in [0.15, 0.2) is 5.65 Å². The second-order valence-corrected chi connectivity index (χ2v) is 7.68. The van der Waals surface area contributed by atoms with Gasteiger partial charge in [-0.15, -0.1) is 0 Å². The van der Waals surface area contributed by atoms with Crippen LogP contribution in [0.1, 0.15) is 60.2 Å². The molecule has 2 N–H and O–H groups in total. The zero-order chi connectivity index (χ0) is 23.5. The molecule has 0 bridgehead atoms. The Morgan fingerprint density at radius 2 is 1.91 bits per heavy atom. The number of hydrogen-bond acceptors (Lipinski definition) is 5. The summed E-state index contributed by atoms with van der Waals surface area (Å²) in [5, 5.41) is 13.8. The van der Waals surface area contributed by atoms with Crippen LogP contribution in [0.15, 0.2) is 24.5 Å². The number of rotatable bonds is 8. The number of nitrogens with one attached hydrogen (secondary N) is 2. The fourth-order valence-electron chi connectivity index (χ4n) is 3.03. The maximum atomic E-state index is 12.6. The third kappa shape index (κ3) is 6.05. The molecular weight excluding hydrogens is 427 g/mol. The summed E-state index contributed by atoms with van der Waals surface area (Å²) in [7, 11) is 0. The van der Waals surface area contributed by atoms with Crippen LogP contribution >= 0.6 is 0 Å². The predicted molar refractivity (Wildman–Crippen MR) is 109 cm³/mol. The standard InChI is InChI=1S/C20H24F3N7O2/c1-12(2)30-16(6-13(3)28-30)19(32)25-10-15-11-29-17(27-15)7-14(9-26-29)8-24-18(31)4-5-20(21,22)23/h6-7,9,11-12H,4-5,8,10H2,1-3H3,(H,24,31)(H,25,32). The normalized spacial score (nSPS) is 11.8. The number of amides is 2. The molecule has 3 rings (SSSR count). The van der Waals surface area contributed by atoms with Gasteiger partial charge in [0.1, 0.15) is 5.69 Å². The van der Waals surface area contributed by atoms with Crippen molar-refractivity contribution in [1.82, 2.24) is 35.0 Å². The number of nitrogens with zero attached hydrogens (tertiary/aromatic N) is 5. The molecule has 3 heterocycles. The Morgan fingerprint density at radius 3 is 2.59 bits per heavy atom. The van der Waals surface area contributed by atoms with Crippen molar-refractivity contribution in [2.24, 2.45) is 0 Å². The molecule has 3 aromatic rings. The van der Waals surface area contributed by atoms with Crippen LogP contribution in [-0.2, 0) is 17.9 Å². The number of halogens is 3. The van der Waals surface area contributed by atoms with Gasteiger partial charge in [-0.2, -0.15) is 23.4 Å². The molecule has 12 heteroatoms. The van der Waals surface area contributed by atoms with Gasteiger partial charge in [0.25, 0.3) is 5.91 Å². The Labute approximate surface area is 182 Å². The molecule has 0 saturated carbocycles. The Balaban J connectivity index is 1.59. The molecule has 9 nitrogen and oxygen atoms in total. The molecule has 3 aromatic heterocycles. The lowest BCUT2D eigenvalue weighted by molar-refractivity contribution is -0.144. The van der Waals surface area contributed by atoms with Crippen molar-refractivity contribution in [3.63, 3.8) is 0 Å². The van der Waals surface area contributed by atoms with Crippen LogP contribution in [0.4, 0.5) is 13.2 Å². The number of alkyl halides is 3. The number of imidazole rings is 1. The average molecular weight is 451 g/mol. The predicted octanol–water partition coefficient (Wildman–Crippen LogP) is 2.70. The highest BCUT2D eigenvalue weighted by Gasteiger charge is 2.27. The van der Waals surface area contributed by atoms with Crippen LogP contribution in [0, 0.1) is 6.92 Å². The molecule has 2 amide bonds. The molecule has 32 heavy (non-hydrogen) atoms. The third-order valence-corrected chi connectivity index (χ3v) is 4.56. The highest BCUT2D eigenvalue weighted by molar-refractivity contribution is 5.92. The quantitative estimate of drug-likeness (QED) is 0.548. The molecule has 0 atom stereocenters. The van der Waals surface area contributed by atoms with E-state index < -0.39 is 24.9 Å². The van der Waals surface area contributed by atoms with Crippen molar-refractivity contribution in [3.8, 4) is 0 Å². The summed E-state index contributed by atoms with van der Waals surface area (Å²) in [6, 6.07) is 3.42. The molecule has 0 aromatic carbocycles. The van der Waals surface area contributed by atoms with Crippen molar-refractivity contribution in [1.29, 1.82) is 0 Å². The zero-order valence-corrected chi connectivity index (χ0v) is 17.9. The molecular formula is C20H24F3N7O2. The van der Waals surface area contributed by atoms with Gasteiger partial charge in [-0.3, -0.25) is 14.3 Å². The number of fused-ring (bicyclic) bond motifs is 1. The number of aryl methyl sites for hydroxylation is 1. The Kier molecular flexibility index (Phi) is 6.80. The van der Waals surface area contributed by atoms with Crippen LogP contribution in [0.3, 0.4) is 0 Å². The lowest BCUT2D eigenvalue weighted by Gasteiger charge is -2.10. The molecule has 0 aliphatic rings. The first-order valence-electron chi connectivity index (χ1n) is 10.0. The van der Waals surface area contributed by atoms with Gasteiger partial charge >= 0.3 is 6.18 Å². The van der Waals surface area contributed by atoms with Crippen molar-refractivity contribution in [2.75, 3.05) is 0 Å². The number of carbonyl (C=O) groups excluding carboxylic acids is 2. The van der Waals surface area contributed by atoms with Gasteiger partial charge in [0.2, 0.25) is 5.91 Å². The summed E-state index contributed by atoms with van der Waals surface area (Å²) in [5.74, 6) is -0.962. The maximum Gasteiger partial charge on any atom is 0.389 e. The smallest absolute Gasteiger partial charge is 0.352 e. The Morgan fingerprint density at radius 1 is 1.16 bits per heavy atom.